The number of methoxy groups -OCH3 is 1. The summed E-state index contributed by atoms with van der Waals surface area (Å²) in [6.45, 7) is 7.47. The van der Waals surface area contributed by atoms with E-state index in [9.17, 15) is 4.79 Å². The van der Waals surface area contributed by atoms with Gasteiger partial charge >= 0.3 is 0 Å². The Morgan fingerprint density at radius 3 is 2.84 bits per heavy atom. The molecule has 0 N–H and O–H groups in total. The fourth-order valence-corrected chi connectivity index (χ4v) is 3.50. The minimum Gasteiger partial charge on any atom is -0.494 e. The number of aromatic nitrogens is 4. The van der Waals surface area contributed by atoms with Crippen LogP contribution < -0.4 is 4.74 Å². The van der Waals surface area contributed by atoms with Gasteiger partial charge in [-0.25, -0.2) is 0 Å². The largest absolute Gasteiger partial charge is 0.494 e. The van der Waals surface area contributed by atoms with Crippen LogP contribution in [-0.4, -0.2) is 50.7 Å². The van der Waals surface area contributed by atoms with Crippen LogP contribution in [-0.2, 0) is 0 Å². The van der Waals surface area contributed by atoms with E-state index in [4.69, 9.17) is 4.74 Å². The molecule has 134 valence electrons. The molecule has 1 fully saturated rings. The number of likely N-dealkylation sites (tertiary alicyclic amines) is 1. The van der Waals surface area contributed by atoms with Gasteiger partial charge in [-0.3, -0.25) is 4.79 Å². The van der Waals surface area contributed by atoms with Gasteiger partial charge in [-0.15, -0.1) is 5.10 Å². The van der Waals surface area contributed by atoms with Gasteiger partial charge in [0.1, 0.15) is 17.8 Å². The van der Waals surface area contributed by atoms with Crippen molar-refractivity contribution in [3.63, 3.8) is 0 Å². The maximum atomic E-state index is 13.2. The lowest BCUT2D eigenvalue weighted by atomic mass is 9.80. The van der Waals surface area contributed by atoms with E-state index in [0.717, 1.165) is 25.8 Å². The van der Waals surface area contributed by atoms with Gasteiger partial charge in [-0.2, -0.15) is 4.68 Å². The Labute approximate surface area is 148 Å². The first-order chi connectivity index (χ1) is 12.0. The fourth-order valence-electron chi connectivity index (χ4n) is 3.50. The monoisotopic (exact) mass is 343 g/mol. The second-order valence-electron chi connectivity index (χ2n) is 7.14. The maximum absolute atomic E-state index is 13.2. The Kier molecular flexibility index (Phi) is 4.74. The van der Waals surface area contributed by atoms with Crippen LogP contribution in [0, 0.1) is 5.41 Å². The molecule has 0 bridgehead atoms. The Balaban J connectivity index is 1.94. The Morgan fingerprint density at radius 2 is 2.20 bits per heavy atom. The first-order valence-corrected chi connectivity index (χ1v) is 8.70. The fraction of sp³-hybridized carbons (Fsp3) is 0.556. The normalized spacial score (nSPS) is 17.8. The molecule has 1 aliphatic rings. The molecule has 1 aliphatic heterocycles. The molecular formula is C18H25N5O2. The van der Waals surface area contributed by atoms with E-state index in [1.807, 2.05) is 11.0 Å². The lowest BCUT2D eigenvalue weighted by Gasteiger charge is -2.37. The van der Waals surface area contributed by atoms with Gasteiger partial charge in [0.15, 0.2) is 0 Å². The number of amides is 1. The SMILES string of the molecule is CCC(C)(C)[C@@H]1CCCN1C(=O)c1ccc(OC)c(-n2cnnn2)c1. The standard InChI is InChI=1S/C18H25N5O2/c1-5-18(2,3)16-7-6-10-22(16)17(24)13-8-9-15(25-4)14(11-13)23-12-19-20-21-23/h8-9,11-12,16H,5-7,10H2,1-4H3/t16-/m0/s1. The van der Waals surface area contributed by atoms with Crippen LogP contribution in [0.5, 0.6) is 5.75 Å². The summed E-state index contributed by atoms with van der Waals surface area (Å²) in [5.41, 5.74) is 1.39. The second kappa shape index (κ2) is 6.82. The van der Waals surface area contributed by atoms with Crippen molar-refractivity contribution in [3.8, 4) is 11.4 Å². The minimum atomic E-state index is 0.0565. The highest BCUT2D eigenvalue weighted by Gasteiger charge is 2.38. The van der Waals surface area contributed by atoms with E-state index in [2.05, 4.69) is 36.3 Å². The summed E-state index contributed by atoms with van der Waals surface area (Å²) in [7, 11) is 1.59. The van der Waals surface area contributed by atoms with Crippen molar-refractivity contribution in [2.75, 3.05) is 13.7 Å². The van der Waals surface area contributed by atoms with Crippen LogP contribution in [0.2, 0.25) is 0 Å². The smallest absolute Gasteiger partial charge is 0.254 e. The van der Waals surface area contributed by atoms with Crippen molar-refractivity contribution in [2.45, 2.75) is 46.1 Å². The van der Waals surface area contributed by atoms with Crippen molar-refractivity contribution in [2.24, 2.45) is 5.41 Å². The molecule has 1 amide bonds. The third-order valence-corrected chi connectivity index (χ3v) is 5.35. The number of tetrazole rings is 1. The van der Waals surface area contributed by atoms with Crippen LogP contribution in [0.25, 0.3) is 5.69 Å². The van der Waals surface area contributed by atoms with Gasteiger partial charge in [-0.1, -0.05) is 20.8 Å². The van der Waals surface area contributed by atoms with Gasteiger partial charge in [0.2, 0.25) is 0 Å². The van der Waals surface area contributed by atoms with Crippen molar-refractivity contribution in [1.82, 2.24) is 25.1 Å². The van der Waals surface area contributed by atoms with E-state index in [1.54, 1.807) is 19.2 Å². The summed E-state index contributed by atoms with van der Waals surface area (Å²) in [6, 6.07) is 5.67. The van der Waals surface area contributed by atoms with Crippen LogP contribution in [0.1, 0.15) is 50.4 Å². The number of ether oxygens (including phenoxy) is 1. The van der Waals surface area contributed by atoms with Crippen LogP contribution in [0.15, 0.2) is 24.5 Å². The van der Waals surface area contributed by atoms with Crippen molar-refractivity contribution >= 4 is 5.91 Å². The molecule has 0 aliphatic carbocycles. The average molecular weight is 343 g/mol. The lowest BCUT2D eigenvalue weighted by Crippen LogP contribution is -2.44. The quantitative estimate of drug-likeness (QED) is 0.834. The Morgan fingerprint density at radius 1 is 1.40 bits per heavy atom. The van der Waals surface area contributed by atoms with Crippen LogP contribution in [0.3, 0.4) is 0 Å². The molecule has 7 nitrogen and oxygen atoms in total. The van der Waals surface area contributed by atoms with E-state index in [1.165, 1.54) is 11.0 Å². The van der Waals surface area contributed by atoms with Crippen LogP contribution >= 0.6 is 0 Å². The minimum absolute atomic E-state index is 0.0565. The van der Waals surface area contributed by atoms with Crippen molar-refractivity contribution in [1.29, 1.82) is 0 Å². The summed E-state index contributed by atoms with van der Waals surface area (Å²) in [5, 5.41) is 11.2. The van der Waals surface area contributed by atoms with E-state index in [0.29, 0.717) is 17.0 Å². The molecule has 0 unspecified atom stereocenters. The third kappa shape index (κ3) is 3.23. The molecule has 1 aromatic heterocycles. The Bertz CT molecular complexity index is 742. The highest BCUT2D eigenvalue weighted by molar-refractivity contribution is 5.95. The number of carbonyl (C=O) groups excluding carboxylic acids is 1. The molecule has 3 rings (SSSR count). The second-order valence-corrected chi connectivity index (χ2v) is 7.14. The summed E-state index contributed by atoms with van der Waals surface area (Å²) in [5.74, 6) is 0.678. The van der Waals surface area contributed by atoms with E-state index < -0.39 is 0 Å². The van der Waals surface area contributed by atoms with Gasteiger partial charge in [0.25, 0.3) is 5.91 Å². The first kappa shape index (κ1) is 17.4. The molecule has 0 spiro atoms. The van der Waals surface area contributed by atoms with Crippen LogP contribution in [0.4, 0.5) is 0 Å². The number of carbonyl (C=O) groups is 1. The van der Waals surface area contributed by atoms with Gasteiger partial charge in [0.05, 0.1) is 7.11 Å². The summed E-state index contributed by atoms with van der Waals surface area (Å²) >= 11 is 0. The molecular weight excluding hydrogens is 318 g/mol. The molecule has 2 aromatic rings. The molecule has 0 radical (unpaired) electrons. The zero-order valence-corrected chi connectivity index (χ0v) is 15.3. The zero-order chi connectivity index (χ0) is 18.0. The average Bonchev–Trinajstić information content (AvgIpc) is 3.32. The first-order valence-electron chi connectivity index (χ1n) is 8.70. The van der Waals surface area contributed by atoms with E-state index >= 15 is 0 Å². The molecule has 0 saturated carbocycles. The summed E-state index contributed by atoms with van der Waals surface area (Å²) in [4.78, 5) is 15.2. The third-order valence-electron chi connectivity index (χ3n) is 5.35. The molecule has 1 atom stereocenters. The number of hydrogen-bond donors (Lipinski definition) is 0. The zero-order valence-electron chi connectivity index (χ0n) is 15.3. The van der Waals surface area contributed by atoms with Gasteiger partial charge < -0.3 is 9.64 Å². The number of benzene rings is 1. The summed E-state index contributed by atoms with van der Waals surface area (Å²) < 4.78 is 6.89. The summed E-state index contributed by atoms with van der Waals surface area (Å²) in [6.07, 6.45) is 4.64. The molecule has 25 heavy (non-hydrogen) atoms. The highest BCUT2D eigenvalue weighted by Crippen LogP contribution is 2.37. The van der Waals surface area contributed by atoms with Gasteiger partial charge in [0, 0.05) is 18.2 Å². The number of nitrogens with zero attached hydrogens (tertiary/aromatic N) is 5. The van der Waals surface area contributed by atoms with E-state index in [-0.39, 0.29) is 17.4 Å². The topological polar surface area (TPSA) is 73.1 Å². The number of rotatable bonds is 5. The molecule has 1 saturated heterocycles. The Hall–Kier alpha value is -2.44. The van der Waals surface area contributed by atoms with Gasteiger partial charge in [-0.05, 0) is 53.3 Å². The predicted molar refractivity (Wildman–Crippen MR) is 93.8 cm³/mol. The maximum Gasteiger partial charge on any atom is 0.254 e. The predicted octanol–water partition coefficient (Wildman–Crippen LogP) is 2.71. The lowest BCUT2D eigenvalue weighted by molar-refractivity contribution is 0.0595. The molecule has 1 aromatic carbocycles. The molecule has 2 heterocycles. The van der Waals surface area contributed by atoms with Crippen molar-refractivity contribution < 1.29 is 9.53 Å². The van der Waals surface area contributed by atoms with Crippen molar-refractivity contribution in [3.05, 3.63) is 30.1 Å². The molecule has 7 heteroatoms. The highest BCUT2D eigenvalue weighted by atomic mass is 16.5. The number of hydrogen-bond acceptors (Lipinski definition) is 5.